The quantitative estimate of drug-likeness (QED) is 0.593. The van der Waals surface area contributed by atoms with Crippen molar-refractivity contribution >= 4 is 29.1 Å². The second kappa shape index (κ2) is 9.74. The fraction of sp³-hybridized carbons (Fsp3) is 0.500. The number of carbonyl (C=O) groups excluding carboxylic acids is 1. The Hall–Kier alpha value is -1.60. The van der Waals surface area contributed by atoms with Crippen LogP contribution in [0.2, 0.25) is 10.0 Å². The molecule has 0 spiro atoms. The smallest absolute Gasteiger partial charge is 0.220 e. The summed E-state index contributed by atoms with van der Waals surface area (Å²) in [4.78, 5) is 16.4. The summed E-state index contributed by atoms with van der Waals surface area (Å²) in [6.07, 6.45) is 1.65. The van der Waals surface area contributed by atoms with Crippen LogP contribution in [0.25, 0.3) is 11.3 Å². The van der Waals surface area contributed by atoms with Gasteiger partial charge in [-0.25, -0.2) is 4.98 Å². The third kappa shape index (κ3) is 6.48. The molecular formula is C20H26Cl2N2O4. The van der Waals surface area contributed by atoms with Crippen LogP contribution in [0.1, 0.15) is 39.5 Å². The van der Waals surface area contributed by atoms with Crippen LogP contribution in [0.15, 0.2) is 28.8 Å². The number of benzene rings is 1. The van der Waals surface area contributed by atoms with Crippen LogP contribution in [-0.2, 0) is 11.2 Å². The Morgan fingerprint density at radius 2 is 2.04 bits per heavy atom. The molecule has 0 saturated heterocycles. The Balaban J connectivity index is 1.90. The van der Waals surface area contributed by atoms with Gasteiger partial charge in [0.1, 0.15) is 0 Å². The molecule has 8 heteroatoms. The van der Waals surface area contributed by atoms with E-state index in [4.69, 9.17) is 27.6 Å². The van der Waals surface area contributed by atoms with Gasteiger partial charge in [0.2, 0.25) is 5.91 Å². The third-order valence-corrected chi connectivity index (χ3v) is 4.96. The molecule has 2 atom stereocenters. The fourth-order valence-electron chi connectivity index (χ4n) is 2.56. The van der Waals surface area contributed by atoms with Gasteiger partial charge in [-0.15, -0.1) is 0 Å². The van der Waals surface area contributed by atoms with E-state index in [2.05, 4.69) is 10.3 Å². The number of amides is 1. The third-order valence-electron chi connectivity index (χ3n) is 4.41. The van der Waals surface area contributed by atoms with Crippen molar-refractivity contribution in [3.8, 4) is 11.3 Å². The van der Waals surface area contributed by atoms with Gasteiger partial charge in [-0.1, -0.05) is 44.0 Å². The lowest BCUT2D eigenvalue weighted by atomic mass is 9.85. The lowest BCUT2D eigenvalue weighted by Crippen LogP contribution is -2.42. The summed E-state index contributed by atoms with van der Waals surface area (Å²) in [5.41, 5.74) is 0.348. The predicted octanol–water partition coefficient (Wildman–Crippen LogP) is 3.86. The van der Waals surface area contributed by atoms with Gasteiger partial charge >= 0.3 is 0 Å². The van der Waals surface area contributed by atoms with E-state index in [1.807, 2.05) is 20.8 Å². The van der Waals surface area contributed by atoms with Gasteiger partial charge in [0, 0.05) is 23.4 Å². The molecule has 2 unspecified atom stereocenters. The normalized spacial score (nSPS) is 14.0. The summed E-state index contributed by atoms with van der Waals surface area (Å²) >= 11 is 12.1. The Labute approximate surface area is 174 Å². The molecular weight excluding hydrogens is 403 g/mol. The zero-order valence-electron chi connectivity index (χ0n) is 16.2. The highest BCUT2D eigenvalue weighted by atomic mass is 35.5. The first-order valence-electron chi connectivity index (χ1n) is 9.08. The number of aliphatic hydroxyl groups excluding tert-OH is 2. The van der Waals surface area contributed by atoms with Crippen molar-refractivity contribution in [2.45, 2.75) is 52.2 Å². The molecule has 3 N–H and O–H groups in total. The van der Waals surface area contributed by atoms with Gasteiger partial charge in [-0.3, -0.25) is 4.79 Å². The van der Waals surface area contributed by atoms with E-state index in [1.54, 1.807) is 24.4 Å². The maximum absolute atomic E-state index is 12.2. The molecule has 0 aliphatic rings. The number of aromatic nitrogens is 1. The number of rotatable bonds is 8. The minimum atomic E-state index is -0.636. The van der Waals surface area contributed by atoms with Crippen molar-refractivity contribution in [3.63, 3.8) is 0 Å². The summed E-state index contributed by atoms with van der Waals surface area (Å²) < 4.78 is 5.67. The van der Waals surface area contributed by atoms with E-state index < -0.39 is 12.1 Å². The maximum atomic E-state index is 12.2. The molecule has 1 amide bonds. The van der Waals surface area contributed by atoms with Gasteiger partial charge in [0.15, 0.2) is 11.7 Å². The van der Waals surface area contributed by atoms with Crippen LogP contribution in [0.3, 0.4) is 0 Å². The summed E-state index contributed by atoms with van der Waals surface area (Å²) in [5.74, 6) is 0.662. The monoisotopic (exact) mass is 428 g/mol. The summed E-state index contributed by atoms with van der Waals surface area (Å²) in [5, 5.41) is 23.3. The van der Waals surface area contributed by atoms with Crippen LogP contribution >= 0.6 is 23.2 Å². The zero-order chi connectivity index (χ0) is 20.9. The van der Waals surface area contributed by atoms with E-state index in [-0.39, 0.29) is 30.8 Å². The SMILES string of the molecule is CC(C)(C)C(O)CC(CO)NC(=O)CCc1ncc(-c2ccc(Cl)cc2Cl)o1. The Kier molecular flexibility index (Phi) is 7.89. The average molecular weight is 429 g/mol. The minimum absolute atomic E-state index is 0.149. The first-order valence-corrected chi connectivity index (χ1v) is 9.84. The lowest BCUT2D eigenvalue weighted by molar-refractivity contribution is -0.122. The molecule has 2 aromatic rings. The van der Waals surface area contributed by atoms with E-state index in [0.717, 1.165) is 0 Å². The minimum Gasteiger partial charge on any atom is -0.441 e. The molecule has 0 fully saturated rings. The topological polar surface area (TPSA) is 95.6 Å². The Morgan fingerprint density at radius 1 is 1.32 bits per heavy atom. The molecule has 6 nitrogen and oxygen atoms in total. The van der Waals surface area contributed by atoms with Gasteiger partial charge in [0.05, 0.1) is 30.0 Å². The molecule has 154 valence electrons. The van der Waals surface area contributed by atoms with Gasteiger partial charge in [-0.05, 0) is 30.0 Å². The van der Waals surface area contributed by atoms with Crippen LogP contribution in [0.5, 0.6) is 0 Å². The van der Waals surface area contributed by atoms with Crippen molar-refractivity contribution in [1.82, 2.24) is 10.3 Å². The number of hydrogen-bond donors (Lipinski definition) is 3. The van der Waals surface area contributed by atoms with Crippen molar-refractivity contribution in [3.05, 3.63) is 40.3 Å². The van der Waals surface area contributed by atoms with E-state index in [1.165, 1.54) is 0 Å². The number of nitrogens with one attached hydrogen (secondary N) is 1. The summed E-state index contributed by atoms with van der Waals surface area (Å²) in [7, 11) is 0. The molecule has 0 aliphatic heterocycles. The molecule has 0 radical (unpaired) electrons. The highest BCUT2D eigenvalue weighted by molar-refractivity contribution is 6.36. The Bertz CT molecular complexity index is 802. The largest absolute Gasteiger partial charge is 0.441 e. The highest BCUT2D eigenvalue weighted by Crippen LogP contribution is 2.30. The number of halogens is 2. The summed E-state index contributed by atoms with van der Waals surface area (Å²) in [6, 6.07) is 4.57. The van der Waals surface area contributed by atoms with Crippen molar-refractivity contribution in [2.75, 3.05) is 6.61 Å². The number of nitrogens with zero attached hydrogens (tertiary/aromatic N) is 1. The predicted molar refractivity (Wildman–Crippen MR) is 109 cm³/mol. The zero-order valence-corrected chi connectivity index (χ0v) is 17.7. The number of aryl methyl sites for hydroxylation is 1. The fourth-order valence-corrected chi connectivity index (χ4v) is 3.06. The molecule has 0 bridgehead atoms. The van der Waals surface area contributed by atoms with E-state index >= 15 is 0 Å². The van der Waals surface area contributed by atoms with Crippen molar-refractivity contribution in [1.29, 1.82) is 0 Å². The number of hydrogen-bond acceptors (Lipinski definition) is 5. The van der Waals surface area contributed by atoms with Gasteiger partial charge < -0.3 is 19.9 Å². The molecule has 1 aromatic carbocycles. The van der Waals surface area contributed by atoms with Gasteiger partial charge in [0.25, 0.3) is 0 Å². The summed E-state index contributed by atoms with van der Waals surface area (Å²) in [6.45, 7) is 5.47. The standard InChI is InChI=1S/C20H26Cl2N2O4/c1-20(2,3)17(26)9-13(11-25)24-18(27)6-7-19-23-10-16(28-19)14-5-4-12(21)8-15(14)22/h4-5,8,10,13,17,25-26H,6-7,9,11H2,1-3H3,(H,24,27). The maximum Gasteiger partial charge on any atom is 0.220 e. The van der Waals surface area contributed by atoms with E-state index in [9.17, 15) is 15.0 Å². The first-order chi connectivity index (χ1) is 13.1. The second-order valence-electron chi connectivity index (χ2n) is 7.81. The van der Waals surface area contributed by atoms with Gasteiger partial charge in [-0.2, -0.15) is 0 Å². The van der Waals surface area contributed by atoms with Crippen LogP contribution < -0.4 is 5.32 Å². The molecule has 2 rings (SSSR count). The molecule has 0 aliphatic carbocycles. The van der Waals surface area contributed by atoms with Crippen LogP contribution in [-0.4, -0.2) is 39.9 Å². The number of carbonyl (C=O) groups is 1. The molecule has 28 heavy (non-hydrogen) atoms. The molecule has 1 aromatic heterocycles. The highest BCUT2D eigenvalue weighted by Gasteiger charge is 2.26. The average Bonchev–Trinajstić information content (AvgIpc) is 3.07. The van der Waals surface area contributed by atoms with Crippen molar-refractivity contribution in [2.24, 2.45) is 5.41 Å². The van der Waals surface area contributed by atoms with E-state index in [0.29, 0.717) is 33.7 Å². The van der Waals surface area contributed by atoms with Crippen LogP contribution in [0.4, 0.5) is 0 Å². The number of aliphatic hydroxyl groups is 2. The first kappa shape index (κ1) is 22.7. The molecule has 1 heterocycles. The number of oxazole rings is 1. The van der Waals surface area contributed by atoms with Crippen molar-refractivity contribution < 1.29 is 19.4 Å². The lowest BCUT2D eigenvalue weighted by Gasteiger charge is -2.29. The Morgan fingerprint density at radius 3 is 2.64 bits per heavy atom. The molecule has 0 saturated carbocycles. The second-order valence-corrected chi connectivity index (χ2v) is 8.65. The van der Waals surface area contributed by atoms with Crippen LogP contribution in [0, 0.1) is 5.41 Å².